The van der Waals surface area contributed by atoms with E-state index in [2.05, 4.69) is 22.4 Å². The van der Waals surface area contributed by atoms with Gasteiger partial charge >= 0.3 is 0 Å². The molecule has 0 aliphatic carbocycles. The molecule has 1 radical (unpaired) electrons. The first-order valence-electron chi connectivity index (χ1n) is 2.49. The summed E-state index contributed by atoms with van der Waals surface area (Å²) in [6.07, 6.45) is 0. The first kappa shape index (κ1) is 6.54. The molecule has 0 unspecified atom stereocenters. The van der Waals surface area contributed by atoms with Crippen molar-refractivity contribution in [1.29, 1.82) is 0 Å². The van der Waals surface area contributed by atoms with Crippen LogP contribution in [-0.4, -0.2) is 26.0 Å². The van der Waals surface area contributed by atoms with E-state index in [1.54, 1.807) is 11.7 Å². The van der Waals surface area contributed by atoms with Crippen molar-refractivity contribution in [1.82, 2.24) is 20.2 Å². The van der Waals surface area contributed by atoms with Crippen LogP contribution in [-0.2, 0) is 7.05 Å². The average molecular weight is 143 g/mol. The second-order valence-corrected chi connectivity index (χ2v) is 2.50. The molecule has 0 aromatic carbocycles. The van der Waals surface area contributed by atoms with Gasteiger partial charge in [0.05, 0.1) is 0 Å². The topological polar surface area (TPSA) is 43.6 Å². The van der Waals surface area contributed by atoms with Crippen molar-refractivity contribution in [2.45, 2.75) is 5.16 Å². The molecule has 0 amide bonds. The number of aromatic nitrogens is 4. The van der Waals surface area contributed by atoms with Crippen molar-refractivity contribution in [3.8, 4) is 0 Å². The van der Waals surface area contributed by atoms with Gasteiger partial charge in [-0.25, -0.2) is 4.68 Å². The quantitative estimate of drug-likeness (QED) is 0.552. The molecule has 0 aliphatic rings. The fourth-order valence-corrected chi connectivity index (χ4v) is 0.935. The smallest absolute Gasteiger partial charge is 0.209 e. The van der Waals surface area contributed by atoms with E-state index in [1.165, 1.54) is 11.8 Å². The first-order chi connectivity index (χ1) is 4.34. The van der Waals surface area contributed by atoms with Crippen LogP contribution in [0.1, 0.15) is 0 Å². The van der Waals surface area contributed by atoms with Gasteiger partial charge in [0.1, 0.15) is 0 Å². The van der Waals surface area contributed by atoms with Gasteiger partial charge in [-0.2, -0.15) is 0 Å². The molecule has 0 saturated carbocycles. The minimum absolute atomic E-state index is 0.758. The maximum atomic E-state index is 3.73. The van der Waals surface area contributed by atoms with E-state index in [0.717, 1.165) is 10.9 Å². The zero-order chi connectivity index (χ0) is 6.69. The molecular weight excluding hydrogens is 136 g/mol. The van der Waals surface area contributed by atoms with Crippen LogP contribution in [0.2, 0.25) is 0 Å². The molecule has 0 N–H and O–H groups in total. The van der Waals surface area contributed by atoms with E-state index < -0.39 is 0 Å². The predicted octanol–water partition coefficient (Wildman–Crippen LogP) is 0.136. The molecule has 1 rings (SSSR count). The summed E-state index contributed by atoms with van der Waals surface area (Å²) in [4.78, 5) is 0. The highest BCUT2D eigenvalue weighted by Gasteiger charge is 1.97. The third-order valence-corrected chi connectivity index (χ3v) is 1.62. The van der Waals surface area contributed by atoms with Crippen LogP contribution in [0.4, 0.5) is 0 Å². The van der Waals surface area contributed by atoms with Gasteiger partial charge in [0.25, 0.3) is 0 Å². The van der Waals surface area contributed by atoms with Gasteiger partial charge in [-0.1, -0.05) is 11.8 Å². The Balaban J connectivity index is 2.69. The Hall–Kier alpha value is -0.580. The van der Waals surface area contributed by atoms with Crippen molar-refractivity contribution >= 4 is 11.8 Å². The van der Waals surface area contributed by atoms with Crippen LogP contribution in [0.3, 0.4) is 0 Å². The Labute approximate surface area is 57.6 Å². The number of rotatable bonds is 2. The van der Waals surface area contributed by atoms with Crippen LogP contribution < -0.4 is 0 Å². The third kappa shape index (κ3) is 1.41. The zero-order valence-corrected chi connectivity index (χ0v) is 5.93. The molecule has 5 heteroatoms. The number of hydrogen-bond donors (Lipinski definition) is 0. The number of aryl methyl sites for hydroxylation is 1. The van der Waals surface area contributed by atoms with Crippen molar-refractivity contribution in [2.75, 3.05) is 5.75 Å². The van der Waals surface area contributed by atoms with Crippen LogP contribution in [0.5, 0.6) is 0 Å². The van der Waals surface area contributed by atoms with Gasteiger partial charge in [0.15, 0.2) is 0 Å². The normalized spacial score (nSPS) is 10.0. The lowest BCUT2D eigenvalue weighted by Crippen LogP contribution is -1.92. The molecule has 0 saturated heterocycles. The van der Waals surface area contributed by atoms with Gasteiger partial charge < -0.3 is 0 Å². The zero-order valence-electron chi connectivity index (χ0n) is 5.11. The fourth-order valence-electron chi connectivity index (χ4n) is 0.435. The molecule has 0 spiro atoms. The van der Waals surface area contributed by atoms with Gasteiger partial charge in [0.2, 0.25) is 5.16 Å². The highest BCUT2D eigenvalue weighted by molar-refractivity contribution is 7.99. The Morgan fingerprint density at radius 2 is 2.56 bits per heavy atom. The first-order valence-corrected chi connectivity index (χ1v) is 3.47. The molecule has 4 nitrogen and oxygen atoms in total. The lowest BCUT2D eigenvalue weighted by atomic mass is 11.0. The molecule has 0 aliphatic heterocycles. The summed E-state index contributed by atoms with van der Waals surface area (Å²) < 4.78 is 1.62. The maximum Gasteiger partial charge on any atom is 0.209 e. The standard InChI is InChI=1S/C4H7N4S/c1-3-9-4-5-6-7-8(4)2/h1,3H2,2H3. The number of tetrazole rings is 1. The summed E-state index contributed by atoms with van der Waals surface area (Å²) in [6, 6.07) is 0. The summed E-state index contributed by atoms with van der Waals surface area (Å²) in [5, 5.41) is 11.6. The summed E-state index contributed by atoms with van der Waals surface area (Å²) in [7, 11) is 1.80. The van der Waals surface area contributed by atoms with E-state index in [4.69, 9.17) is 0 Å². The van der Waals surface area contributed by atoms with Crippen LogP contribution in [0, 0.1) is 6.92 Å². The lowest BCUT2D eigenvalue weighted by Gasteiger charge is -1.90. The van der Waals surface area contributed by atoms with E-state index in [9.17, 15) is 0 Å². The lowest BCUT2D eigenvalue weighted by molar-refractivity contribution is 0.665. The van der Waals surface area contributed by atoms with Crippen LogP contribution in [0.25, 0.3) is 0 Å². The molecule has 9 heavy (non-hydrogen) atoms. The van der Waals surface area contributed by atoms with Crippen molar-refractivity contribution < 1.29 is 0 Å². The fraction of sp³-hybridized carbons (Fsp3) is 0.500. The molecule has 49 valence electrons. The Bertz CT molecular complexity index is 184. The van der Waals surface area contributed by atoms with Gasteiger partial charge in [-0.15, -0.1) is 5.10 Å². The number of nitrogens with zero attached hydrogens (tertiary/aromatic N) is 4. The van der Waals surface area contributed by atoms with E-state index >= 15 is 0 Å². The van der Waals surface area contributed by atoms with Crippen LogP contribution >= 0.6 is 11.8 Å². The molecule has 1 heterocycles. The molecule has 1 aromatic heterocycles. The summed E-state index contributed by atoms with van der Waals surface area (Å²) in [5.41, 5.74) is 0. The predicted molar refractivity (Wildman–Crippen MR) is 34.9 cm³/mol. The maximum absolute atomic E-state index is 3.73. The molecule has 0 bridgehead atoms. The van der Waals surface area contributed by atoms with Crippen molar-refractivity contribution in [3.05, 3.63) is 6.92 Å². The Kier molecular flexibility index (Phi) is 2.05. The number of thioether (sulfide) groups is 1. The van der Waals surface area contributed by atoms with E-state index in [-0.39, 0.29) is 0 Å². The molecule has 0 atom stereocenters. The molecular formula is C4H7N4S. The summed E-state index contributed by atoms with van der Waals surface area (Å²) in [5.74, 6) is 0.758. The second-order valence-electron chi connectivity index (χ2n) is 1.43. The molecule has 1 aromatic rings. The average Bonchev–Trinajstić information content (AvgIpc) is 2.18. The highest BCUT2D eigenvalue weighted by atomic mass is 32.2. The Morgan fingerprint density at radius 1 is 1.78 bits per heavy atom. The van der Waals surface area contributed by atoms with E-state index in [1.807, 2.05) is 0 Å². The largest absolute Gasteiger partial charge is 0.224 e. The Morgan fingerprint density at radius 3 is 3.00 bits per heavy atom. The molecule has 0 fully saturated rings. The van der Waals surface area contributed by atoms with Crippen molar-refractivity contribution in [3.63, 3.8) is 0 Å². The van der Waals surface area contributed by atoms with E-state index in [0.29, 0.717) is 0 Å². The summed E-state index contributed by atoms with van der Waals surface area (Å²) in [6.45, 7) is 3.66. The van der Waals surface area contributed by atoms with Gasteiger partial charge in [0, 0.05) is 12.8 Å². The summed E-state index contributed by atoms with van der Waals surface area (Å²) >= 11 is 1.52. The third-order valence-electron chi connectivity index (χ3n) is 0.812. The SMILES string of the molecule is [CH2]CSc1nnnn1C. The van der Waals surface area contributed by atoms with Gasteiger partial charge in [-0.3, -0.25) is 0 Å². The van der Waals surface area contributed by atoms with Gasteiger partial charge in [-0.05, 0) is 17.4 Å². The second kappa shape index (κ2) is 2.82. The minimum atomic E-state index is 0.758. The highest BCUT2D eigenvalue weighted by Crippen LogP contribution is 2.09. The monoisotopic (exact) mass is 143 g/mol. The number of hydrogen-bond acceptors (Lipinski definition) is 4. The minimum Gasteiger partial charge on any atom is -0.224 e. The van der Waals surface area contributed by atoms with Crippen LogP contribution in [0.15, 0.2) is 5.16 Å². The van der Waals surface area contributed by atoms with Crippen molar-refractivity contribution in [2.24, 2.45) is 7.05 Å².